The van der Waals surface area contributed by atoms with Gasteiger partial charge >= 0.3 is 5.97 Å². The highest BCUT2D eigenvalue weighted by molar-refractivity contribution is 9.10. The van der Waals surface area contributed by atoms with Crippen LogP contribution < -0.4 is 0 Å². The molecule has 0 amide bonds. The molecular formula is C9H9BrO2S. The van der Waals surface area contributed by atoms with E-state index < -0.39 is 5.97 Å². The van der Waals surface area contributed by atoms with E-state index in [1.54, 1.807) is 6.08 Å². The predicted molar refractivity (Wildman–Crippen MR) is 57.9 cm³/mol. The quantitative estimate of drug-likeness (QED) is 0.847. The molecule has 0 aliphatic rings. The van der Waals surface area contributed by atoms with Crippen LogP contribution in [0.4, 0.5) is 0 Å². The second-order valence-corrected chi connectivity index (χ2v) is 4.26. The van der Waals surface area contributed by atoms with E-state index in [9.17, 15) is 4.79 Å². The third-order valence-corrected chi connectivity index (χ3v) is 3.42. The first-order valence-corrected chi connectivity index (χ1v) is 5.49. The minimum atomic E-state index is -0.845. The molecule has 0 saturated heterocycles. The molecule has 1 aromatic heterocycles. The fraction of sp³-hybridized carbons (Fsp3) is 0.222. The molecule has 1 heterocycles. The lowest BCUT2D eigenvalue weighted by atomic mass is 10.2. The topological polar surface area (TPSA) is 37.3 Å². The van der Waals surface area contributed by atoms with Gasteiger partial charge in [0.2, 0.25) is 0 Å². The summed E-state index contributed by atoms with van der Waals surface area (Å²) >= 11 is 4.87. The lowest BCUT2D eigenvalue weighted by Gasteiger charge is -1.96. The molecule has 13 heavy (non-hydrogen) atoms. The van der Waals surface area contributed by atoms with Crippen molar-refractivity contribution < 1.29 is 9.90 Å². The van der Waals surface area contributed by atoms with E-state index in [1.807, 2.05) is 18.4 Å². The van der Waals surface area contributed by atoms with Crippen LogP contribution in [0.3, 0.4) is 0 Å². The Bertz CT molecular complexity index is 341. The zero-order valence-electron chi connectivity index (χ0n) is 7.08. The lowest BCUT2D eigenvalue weighted by Crippen LogP contribution is -1.98. The van der Waals surface area contributed by atoms with E-state index in [0.29, 0.717) is 12.0 Å². The van der Waals surface area contributed by atoms with Crippen molar-refractivity contribution in [2.24, 2.45) is 0 Å². The first-order valence-electron chi connectivity index (χ1n) is 3.82. The molecule has 0 atom stereocenters. The molecule has 0 radical (unpaired) electrons. The highest BCUT2D eigenvalue weighted by Crippen LogP contribution is 2.25. The normalized spacial score (nSPS) is 11.7. The van der Waals surface area contributed by atoms with Crippen molar-refractivity contribution in [1.29, 1.82) is 0 Å². The molecule has 0 unspecified atom stereocenters. The van der Waals surface area contributed by atoms with Crippen molar-refractivity contribution in [3.63, 3.8) is 0 Å². The van der Waals surface area contributed by atoms with Gasteiger partial charge in [0, 0.05) is 14.9 Å². The van der Waals surface area contributed by atoms with Crippen LogP contribution in [0.15, 0.2) is 21.5 Å². The van der Waals surface area contributed by atoms with Gasteiger partial charge in [0.15, 0.2) is 0 Å². The molecule has 0 aliphatic heterocycles. The Hall–Kier alpha value is -0.610. The maximum Gasteiger partial charge on any atom is 0.331 e. The first-order chi connectivity index (χ1) is 6.15. The van der Waals surface area contributed by atoms with Crippen LogP contribution in [-0.2, 0) is 4.79 Å². The van der Waals surface area contributed by atoms with E-state index in [1.165, 1.54) is 11.3 Å². The van der Waals surface area contributed by atoms with Crippen LogP contribution in [0.1, 0.15) is 18.2 Å². The number of hydrogen-bond acceptors (Lipinski definition) is 2. The Morgan fingerprint density at radius 2 is 2.46 bits per heavy atom. The predicted octanol–water partition coefficient (Wildman–Crippen LogP) is 3.39. The zero-order chi connectivity index (χ0) is 9.84. The Morgan fingerprint density at radius 3 is 2.85 bits per heavy atom. The molecule has 0 fully saturated rings. The highest BCUT2D eigenvalue weighted by atomic mass is 79.9. The summed E-state index contributed by atoms with van der Waals surface area (Å²) < 4.78 is 0.949. The molecule has 4 heteroatoms. The first kappa shape index (κ1) is 10.5. The zero-order valence-corrected chi connectivity index (χ0v) is 9.48. The monoisotopic (exact) mass is 260 g/mol. The van der Waals surface area contributed by atoms with E-state index in [0.717, 1.165) is 9.35 Å². The molecule has 0 saturated carbocycles. The van der Waals surface area contributed by atoms with Crippen LogP contribution in [0.5, 0.6) is 0 Å². The molecule has 1 N–H and O–H groups in total. The van der Waals surface area contributed by atoms with Gasteiger partial charge in [0.05, 0.1) is 0 Å². The molecule has 0 aliphatic carbocycles. The molecule has 1 aromatic rings. The van der Waals surface area contributed by atoms with Crippen molar-refractivity contribution >= 4 is 39.3 Å². The lowest BCUT2D eigenvalue weighted by molar-refractivity contribution is -0.132. The maximum absolute atomic E-state index is 10.7. The maximum atomic E-state index is 10.7. The van der Waals surface area contributed by atoms with Crippen molar-refractivity contribution in [3.05, 3.63) is 26.4 Å². The van der Waals surface area contributed by atoms with Gasteiger partial charge in [-0.1, -0.05) is 6.92 Å². The molecule has 0 bridgehead atoms. The third-order valence-electron chi connectivity index (χ3n) is 1.61. The number of carboxylic acids is 1. The Balaban J connectivity index is 2.98. The second-order valence-electron chi connectivity index (χ2n) is 2.46. The summed E-state index contributed by atoms with van der Waals surface area (Å²) in [5.41, 5.74) is 0.433. The molecule has 1 rings (SSSR count). The number of thiophene rings is 1. The average molecular weight is 261 g/mol. The van der Waals surface area contributed by atoms with Gasteiger partial charge in [-0.2, -0.15) is 0 Å². The number of carboxylic acid groups (broad SMARTS) is 1. The number of rotatable bonds is 3. The van der Waals surface area contributed by atoms with E-state index >= 15 is 0 Å². The minimum absolute atomic E-state index is 0.433. The Kier molecular flexibility index (Phi) is 3.69. The van der Waals surface area contributed by atoms with Crippen molar-refractivity contribution in [3.8, 4) is 0 Å². The molecule has 0 aromatic carbocycles. The van der Waals surface area contributed by atoms with Gasteiger partial charge in [0.25, 0.3) is 0 Å². The van der Waals surface area contributed by atoms with Gasteiger partial charge in [0.1, 0.15) is 0 Å². The average Bonchev–Trinajstić information content (AvgIpc) is 2.46. The number of aliphatic carboxylic acids is 1. The number of hydrogen-bond donors (Lipinski definition) is 1. The third kappa shape index (κ3) is 2.67. The highest BCUT2D eigenvalue weighted by Gasteiger charge is 2.06. The van der Waals surface area contributed by atoms with Crippen molar-refractivity contribution in [1.82, 2.24) is 0 Å². The standard InChI is InChI=1S/C9H9BrO2S/c1-2-6(9(11)12)5-8-7(10)3-4-13-8/h3-5H,2H2,1H3,(H,11,12)/b6-5+. The van der Waals surface area contributed by atoms with Crippen LogP contribution >= 0.6 is 27.3 Å². The summed E-state index contributed by atoms with van der Waals surface area (Å²) in [5.74, 6) is -0.845. The number of halogens is 1. The van der Waals surface area contributed by atoms with Crippen LogP contribution in [0.2, 0.25) is 0 Å². The van der Waals surface area contributed by atoms with E-state index in [-0.39, 0.29) is 0 Å². The largest absolute Gasteiger partial charge is 0.478 e. The van der Waals surface area contributed by atoms with Crippen LogP contribution in [-0.4, -0.2) is 11.1 Å². The fourth-order valence-electron chi connectivity index (χ4n) is 0.882. The van der Waals surface area contributed by atoms with Crippen molar-refractivity contribution in [2.75, 3.05) is 0 Å². The van der Waals surface area contributed by atoms with Gasteiger partial charge < -0.3 is 5.11 Å². The summed E-state index contributed by atoms with van der Waals surface area (Å²) in [6, 6.07) is 1.91. The Labute approximate surface area is 89.0 Å². The minimum Gasteiger partial charge on any atom is -0.478 e. The summed E-state index contributed by atoms with van der Waals surface area (Å²) in [6.07, 6.45) is 2.25. The van der Waals surface area contributed by atoms with Gasteiger partial charge in [-0.05, 0) is 39.9 Å². The summed E-state index contributed by atoms with van der Waals surface area (Å²) in [5, 5.41) is 10.7. The van der Waals surface area contributed by atoms with Gasteiger partial charge in [-0.15, -0.1) is 11.3 Å². The van der Waals surface area contributed by atoms with E-state index in [4.69, 9.17) is 5.11 Å². The summed E-state index contributed by atoms with van der Waals surface area (Å²) in [7, 11) is 0. The molecule has 0 spiro atoms. The van der Waals surface area contributed by atoms with Crippen molar-refractivity contribution in [2.45, 2.75) is 13.3 Å². The fourth-order valence-corrected chi connectivity index (χ4v) is 2.33. The smallest absolute Gasteiger partial charge is 0.331 e. The van der Waals surface area contributed by atoms with Gasteiger partial charge in [-0.3, -0.25) is 0 Å². The number of carbonyl (C=O) groups is 1. The molecular weight excluding hydrogens is 252 g/mol. The summed E-state index contributed by atoms with van der Waals surface area (Å²) in [4.78, 5) is 11.6. The van der Waals surface area contributed by atoms with Gasteiger partial charge in [-0.25, -0.2) is 4.79 Å². The van der Waals surface area contributed by atoms with Crippen LogP contribution in [0, 0.1) is 0 Å². The van der Waals surface area contributed by atoms with E-state index in [2.05, 4.69) is 15.9 Å². The Morgan fingerprint density at radius 1 is 1.77 bits per heavy atom. The van der Waals surface area contributed by atoms with Crippen LogP contribution in [0.25, 0.3) is 6.08 Å². The SMILES string of the molecule is CC/C(=C\c1sccc1Br)C(=O)O. The molecule has 2 nitrogen and oxygen atoms in total. The second kappa shape index (κ2) is 4.58. The molecule has 70 valence electrons. The summed E-state index contributed by atoms with van der Waals surface area (Å²) in [6.45, 7) is 1.83.